The number of rotatable bonds is 8. The number of ether oxygens (including phenoxy) is 1. The van der Waals surface area contributed by atoms with Gasteiger partial charge >= 0.3 is 0 Å². The molecule has 1 aromatic rings. The third-order valence-electron chi connectivity index (χ3n) is 5.46. The minimum Gasteiger partial charge on any atom is -0.363 e. The van der Waals surface area contributed by atoms with Gasteiger partial charge in [0.15, 0.2) is 6.10 Å². The highest BCUT2D eigenvalue weighted by Crippen LogP contribution is 2.23. The minimum atomic E-state index is -3.79. The summed E-state index contributed by atoms with van der Waals surface area (Å²) < 4.78 is 28.1. The van der Waals surface area contributed by atoms with Crippen LogP contribution in [-0.2, 0) is 24.3 Å². The van der Waals surface area contributed by atoms with E-state index >= 15 is 0 Å². The fourth-order valence-corrected chi connectivity index (χ4v) is 4.59. The molecular formula is C22H26N6O5S2. The standard InChI is InChI=1S/C22H26N6O5S2/c1-14-6-7-24-16(10-28(14)17-2-4-18(5-3-17)35(23,31)32)9-25-21(29)19(8-15-12-34-13-26-15)27-22(30)20-11-33-20/h2-5,7-8,10,13-14,19-20H,6,9,11-12H2,1H3,(H,25,29)(H,27,30)(H2,23,31,32). The van der Waals surface area contributed by atoms with Gasteiger partial charge in [0.1, 0.15) is 6.04 Å². The number of nitrogens with one attached hydrogen (secondary N) is 2. The van der Waals surface area contributed by atoms with Gasteiger partial charge in [-0.15, -0.1) is 11.8 Å². The van der Waals surface area contributed by atoms with Crippen molar-refractivity contribution in [3.05, 3.63) is 47.9 Å². The van der Waals surface area contributed by atoms with Crippen LogP contribution in [0.4, 0.5) is 5.69 Å². The number of nitrogens with two attached hydrogens (primary N) is 1. The summed E-state index contributed by atoms with van der Waals surface area (Å²) in [5, 5.41) is 10.7. The summed E-state index contributed by atoms with van der Waals surface area (Å²) in [7, 11) is -3.79. The molecular weight excluding hydrogens is 492 g/mol. The van der Waals surface area contributed by atoms with E-state index in [1.807, 2.05) is 18.0 Å². The molecule has 3 atom stereocenters. The van der Waals surface area contributed by atoms with E-state index in [0.29, 0.717) is 30.2 Å². The number of carbonyl (C=O) groups is 2. The van der Waals surface area contributed by atoms with Crippen molar-refractivity contribution in [3.8, 4) is 0 Å². The molecule has 0 saturated carbocycles. The van der Waals surface area contributed by atoms with Gasteiger partial charge in [0.25, 0.3) is 5.91 Å². The Labute approximate surface area is 207 Å². The quantitative estimate of drug-likeness (QED) is 0.423. The van der Waals surface area contributed by atoms with E-state index in [2.05, 4.69) is 20.6 Å². The van der Waals surface area contributed by atoms with Gasteiger partial charge in [0.2, 0.25) is 15.9 Å². The third-order valence-corrected chi connectivity index (χ3v) is 7.11. The zero-order chi connectivity index (χ0) is 25.0. The van der Waals surface area contributed by atoms with Crippen LogP contribution in [-0.4, -0.2) is 69.1 Å². The van der Waals surface area contributed by atoms with E-state index < -0.39 is 28.1 Å². The highest BCUT2D eigenvalue weighted by Gasteiger charge is 2.33. The molecule has 3 aliphatic heterocycles. The molecule has 1 fully saturated rings. The van der Waals surface area contributed by atoms with E-state index in [0.717, 1.165) is 5.69 Å². The molecule has 3 aliphatic rings. The minimum absolute atomic E-state index is 0.0280. The summed E-state index contributed by atoms with van der Waals surface area (Å²) in [6.07, 6.45) is 5.35. The Hall–Kier alpha value is -3.00. The normalized spacial score (nSPS) is 23.5. The average molecular weight is 519 g/mol. The number of benzene rings is 1. The number of amides is 2. The maximum atomic E-state index is 13.0. The van der Waals surface area contributed by atoms with Gasteiger partial charge in [0.05, 0.1) is 29.3 Å². The van der Waals surface area contributed by atoms with Gasteiger partial charge in [0, 0.05) is 42.0 Å². The van der Waals surface area contributed by atoms with Gasteiger partial charge in [-0.25, -0.2) is 13.6 Å². The van der Waals surface area contributed by atoms with Crippen LogP contribution in [0.25, 0.3) is 0 Å². The number of anilines is 1. The lowest BCUT2D eigenvalue weighted by Crippen LogP contribution is -2.47. The van der Waals surface area contributed by atoms with Crippen LogP contribution < -0.4 is 20.7 Å². The molecule has 0 aromatic heterocycles. The zero-order valence-electron chi connectivity index (χ0n) is 19.0. The van der Waals surface area contributed by atoms with Crippen molar-refractivity contribution in [3.63, 3.8) is 0 Å². The fourth-order valence-electron chi connectivity index (χ4n) is 3.45. The Kier molecular flexibility index (Phi) is 7.69. The molecule has 2 amide bonds. The molecule has 0 bridgehead atoms. The van der Waals surface area contributed by atoms with Crippen LogP contribution in [0.3, 0.4) is 0 Å². The van der Waals surface area contributed by atoms with Crippen LogP contribution in [0, 0.1) is 0 Å². The molecule has 11 nitrogen and oxygen atoms in total. The smallest absolute Gasteiger partial charge is 0.252 e. The lowest BCUT2D eigenvalue weighted by Gasteiger charge is -2.26. The predicted octanol–water partition coefficient (Wildman–Crippen LogP) is 0.504. The summed E-state index contributed by atoms with van der Waals surface area (Å²) in [6, 6.07) is 5.39. The van der Waals surface area contributed by atoms with Gasteiger partial charge in [-0.05, 0) is 37.3 Å². The number of carbonyl (C=O) groups excluding carboxylic acids is 2. The van der Waals surface area contributed by atoms with E-state index in [1.54, 1.807) is 30.0 Å². The molecule has 3 unspecified atom stereocenters. The number of epoxide rings is 1. The Morgan fingerprint density at radius 1 is 1.31 bits per heavy atom. The second-order valence-corrected chi connectivity index (χ2v) is 10.6. The zero-order valence-corrected chi connectivity index (χ0v) is 20.6. The molecule has 3 heterocycles. The number of hydrogen-bond donors (Lipinski definition) is 3. The fraction of sp³-hybridized carbons (Fsp3) is 0.364. The van der Waals surface area contributed by atoms with Crippen molar-refractivity contribution in [2.45, 2.75) is 36.4 Å². The second kappa shape index (κ2) is 10.7. The molecule has 13 heteroatoms. The van der Waals surface area contributed by atoms with Crippen LogP contribution in [0.5, 0.6) is 0 Å². The summed E-state index contributed by atoms with van der Waals surface area (Å²) in [4.78, 5) is 35.8. The van der Waals surface area contributed by atoms with Gasteiger partial charge < -0.3 is 20.3 Å². The highest BCUT2D eigenvalue weighted by atomic mass is 32.2. The van der Waals surface area contributed by atoms with Crippen LogP contribution in [0.2, 0.25) is 0 Å². The average Bonchev–Trinajstić information content (AvgIpc) is 3.59. The number of hydrogen-bond acceptors (Lipinski definition) is 9. The van der Waals surface area contributed by atoms with Crippen molar-refractivity contribution in [2.75, 3.05) is 23.8 Å². The van der Waals surface area contributed by atoms with Crippen molar-refractivity contribution in [1.29, 1.82) is 0 Å². The molecule has 186 valence electrons. The maximum absolute atomic E-state index is 13.0. The van der Waals surface area contributed by atoms with Crippen LogP contribution in [0.15, 0.2) is 62.8 Å². The number of primary sulfonamides is 1. The predicted molar refractivity (Wildman–Crippen MR) is 135 cm³/mol. The Morgan fingerprint density at radius 3 is 2.69 bits per heavy atom. The topological polar surface area (TPSA) is 159 Å². The van der Waals surface area contributed by atoms with E-state index in [1.165, 1.54) is 23.9 Å². The second-order valence-electron chi connectivity index (χ2n) is 8.19. The molecule has 35 heavy (non-hydrogen) atoms. The largest absolute Gasteiger partial charge is 0.363 e. The summed E-state index contributed by atoms with van der Waals surface area (Å²) in [5.41, 5.74) is 3.76. The van der Waals surface area contributed by atoms with Crippen LogP contribution >= 0.6 is 11.8 Å². The highest BCUT2D eigenvalue weighted by molar-refractivity contribution is 8.12. The van der Waals surface area contributed by atoms with E-state index in [9.17, 15) is 18.0 Å². The molecule has 0 radical (unpaired) electrons. The molecule has 4 rings (SSSR count). The number of aliphatic imine (C=N–C) groups is 2. The lowest BCUT2D eigenvalue weighted by atomic mass is 10.2. The van der Waals surface area contributed by atoms with Crippen molar-refractivity contribution in [2.24, 2.45) is 15.1 Å². The van der Waals surface area contributed by atoms with Gasteiger partial charge in [-0.3, -0.25) is 19.6 Å². The lowest BCUT2D eigenvalue weighted by molar-refractivity contribution is -0.128. The van der Waals surface area contributed by atoms with Crippen molar-refractivity contribution in [1.82, 2.24) is 10.6 Å². The first kappa shape index (κ1) is 25.1. The number of thioether (sulfide) groups is 1. The number of nitrogens with zero attached hydrogens (tertiary/aromatic N) is 3. The number of sulfonamides is 1. The monoisotopic (exact) mass is 518 g/mol. The first-order chi connectivity index (χ1) is 16.7. The Balaban J connectivity index is 1.46. The SMILES string of the molecule is CC1CC=NC(CNC(=O)C(C=C2CSC=N2)NC(=O)C2CO2)=CN1c1ccc(S(N)(=O)=O)cc1. The first-order valence-corrected chi connectivity index (χ1v) is 13.5. The molecule has 0 aliphatic carbocycles. The molecule has 1 aromatic carbocycles. The first-order valence-electron chi connectivity index (χ1n) is 10.9. The third kappa shape index (κ3) is 6.78. The summed E-state index contributed by atoms with van der Waals surface area (Å²) in [6.45, 7) is 2.48. The maximum Gasteiger partial charge on any atom is 0.252 e. The van der Waals surface area contributed by atoms with Gasteiger partial charge in [-0.2, -0.15) is 0 Å². The van der Waals surface area contributed by atoms with Gasteiger partial charge in [-0.1, -0.05) is 0 Å². The summed E-state index contributed by atoms with van der Waals surface area (Å²) in [5.74, 6) is -0.103. The van der Waals surface area contributed by atoms with Crippen molar-refractivity contribution < 1.29 is 22.7 Å². The summed E-state index contributed by atoms with van der Waals surface area (Å²) >= 11 is 1.51. The molecule has 1 saturated heterocycles. The van der Waals surface area contributed by atoms with E-state index in [-0.39, 0.29) is 23.4 Å². The van der Waals surface area contributed by atoms with Crippen LogP contribution in [0.1, 0.15) is 13.3 Å². The molecule has 4 N–H and O–H groups in total. The molecule has 0 spiro atoms. The van der Waals surface area contributed by atoms with Crippen molar-refractivity contribution >= 4 is 51.0 Å². The Bertz CT molecular complexity index is 1210. The van der Waals surface area contributed by atoms with E-state index in [4.69, 9.17) is 9.88 Å². The Morgan fingerprint density at radius 2 is 2.06 bits per heavy atom.